The largest absolute Gasteiger partial charge is 0.497 e. The van der Waals surface area contributed by atoms with E-state index in [1.54, 1.807) is 14.2 Å². The minimum absolute atomic E-state index is 0.313. The van der Waals surface area contributed by atoms with Gasteiger partial charge in [0.2, 0.25) is 4.77 Å². The Morgan fingerprint density at radius 2 is 2.04 bits per heavy atom. The summed E-state index contributed by atoms with van der Waals surface area (Å²) in [7, 11) is 3.41. The highest BCUT2D eigenvalue weighted by atomic mass is 32.1. The van der Waals surface area contributed by atoms with Gasteiger partial charge >= 0.3 is 0 Å². The lowest BCUT2D eigenvalue weighted by Crippen LogP contribution is -3.09. The summed E-state index contributed by atoms with van der Waals surface area (Å²) in [5, 5.41) is 4.69. The summed E-state index contributed by atoms with van der Waals surface area (Å²) in [6.07, 6.45) is 2.24. The molecule has 148 valence electrons. The number of rotatable bonds is 5. The van der Waals surface area contributed by atoms with E-state index < -0.39 is 0 Å². The number of benzene rings is 1. The molecule has 7 nitrogen and oxygen atoms in total. The van der Waals surface area contributed by atoms with Gasteiger partial charge in [-0.2, -0.15) is 4.68 Å². The average Bonchev–Trinajstić information content (AvgIpc) is 3.26. The van der Waals surface area contributed by atoms with Crippen molar-refractivity contribution in [3.8, 4) is 11.5 Å². The van der Waals surface area contributed by atoms with Crippen LogP contribution < -0.4 is 14.4 Å². The first kappa shape index (κ1) is 18.9. The zero-order valence-corrected chi connectivity index (χ0v) is 17.5. The number of hydrogen-bond acceptors (Lipinski definition) is 5. The van der Waals surface area contributed by atoms with Crippen molar-refractivity contribution >= 4 is 18.0 Å². The SMILES string of the molecule is COc1ccc(OC)c([C@H]2CCC[NH+]2Cn2nc3nc(C)cc(C)n3c2=S)c1. The lowest BCUT2D eigenvalue weighted by molar-refractivity contribution is -0.941. The molecule has 3 heterocycles. The first-order valence-electron chi connectivity index (χ1n) is 9.52. The first-order chi connectivity index (χ1) is 13.5. The summed E-state index contributed by atoms with van der Waals surface area (Å²) in [5.74, 6) is 2.41. The van der Waals surface area contributed by atoms with Crippen LogP contribution in [0.1, 0.15) is 35.8 Å². The molecule has 28 heavy (non-hydrogen) atoms. The van der Waals surface area contributed by atoms with E-state index in [2.05, 4.69) is 16.1 Å². The molecule has 4 rings (SSSR count). The first-order valence-corrected chi connectivity index (χ1v) is 9.93. The Balaban J connectivity index is 1.69. The Kier molecular flexibility index (Phi) is 5.07. The van der Waals surface area contributed by atoms with Crippen molar-refractivity contribution < 1.29 is 14.4 Å². The quantitative estimate of drug-likeness (QED) is 0.666. The van der Waals surface area contributed by atoms with E-state index in [0.717, 1.165) is 42.3 Å². The molecule has 8 heteroatoms. The third-order valence-corrected chi connectivity index (χ3v) is 5.91. The predicted octanol–water partition coefficient (Wildman–Crippen LogP) is 2.27. The van der Waals surface area contributed by atoms with Crippen molar-refractivity contribution in [3.63, 3.8) is 0 Å². The highest BCUT2D eigenvalue weighted by molar-refractivity contribution is 7.71. The van der Waals surface area contributed by atoms with Gasteiger partial charge in [0.25, 0.3) is 5.78 Å². The Labute approximate surface area is 169 Å². The fourth-order valence-electron chi connectivity index (χ4n) is 4.22. The summed E-state index contributed by atoms with van der Waals surface area (Å²) >= 11 is 5.70. The fraction of sp³-hybridized carbons (Fsp3) is 0.450. The van der Waals surface area contributed by atoms with E-state index in [1.165, 1.54) is 10.5 Å². The number of nitrogens with one attached hydrogen (secondary N) is 1. The smallest absolute Gasteiger partial charge is 0.254 e. The zero-order chi connectivity index (χ0) is 19.8. The van der Waals surface area contributed by atoms with Crippen LogP contribution in [0.5, 0.6) is 11.5 Å². The molecule has 1 N–H and O–H groups in total. The Morgan fingerprint density at radius 1 is 1.21 bits per heavy atom. The molecule has 0 amide bonds. The summed E-state index contributed by atoms with van der Waals surface area (Å²) < 4.78 is 15.6. The molecule has 0 spiro atoms. The molecule has 0 saturated carbocycles. The molecule has 1 saturated heterocycles. The molecule has 2 aromatic heterocycles. The summed E-state index contributed by atoms with van der Waals surface area (Å²) in [4.78, 5) is 5.96. The van der Waals surface area contributed by atoms with Crippen LogP contribution in [0.2, 0.25) is 0 Å². The summed E-state index contributed by atoms with van der Waals surface area (Å²) in [5.41, 5.74) is 3.18. The van der Waals surface area contributed by atoms with Gasteiger partial charge in [0.05, 0.1) is 26.3 Å². The van der Waals surface area contributed by atoms with Crippen molar-refractivity contribution in [2.75, 3.05) is 20.8 Å². The number of aryl methyl sites for hydroxylation is 2. The zero-order valence-electron chi connectivity index (χ0n) is 16.7. The number of likely N-dealkylation sites (tertiary alicyclic amines) is 1. The van der Waals surface area contributed by atoms with E-state index in [1.807, 2.05) is 41.1 Å². The van der Waals surface area contributed by atoms with Gasteiger partial charge < -0.3 is 14.4 Å². The minimum Gasteiger partial charge on any atom is -0.497 e. The molecule has 0 bridgehead atoms. The van der Waals surface area contributed by atoms with Gasteiger partial charge in [-0.25, -0.2) is 4.98 Å². The van der Waals surface area contributed by atoms with Crippen LogP contribution in [0.25, 0.3) is 5.78 Å². The van der Waals surface area contributed by atoms with Crippen LogP contribution in [0.15, 0.2) is 24.3 Å². The normalized spacial score (nSPS) is 19.3. The molecule has 1 aromatic carbocycles. The summed E-state index contributed by atoms with van der Waals surface area (Å²) in [6.45, 7) is 5.78. The number of ether oxygens (including phenoxy) is 2. The fourth-order valence-corrected chi connectivity index (χ4v) is 4.55. The Bertz CT molecular complexity index is 1070. The number of nitrogens with zero attached hydrogens (tertiary/aromatic N) is 4. The molecule has 1 aliphatic rings. The molecule has 2 atom stereocenters. The number of quaternary nitrogens is 1. The predicted molar refractivity (Wildman–Crippen MR) is 109 cm³/mol. The van der Waals surface area contributed by atoms with Crippen molar-refractivity contribution in [2.45, 2.75) is 39.4 Å². The van der Waals surface area contributed by atoms with Crippen LogP contribution in [0.3, 0.4) is 0 Å². The van der Waals surface area contributed by atoms with Gasteiger partial charge in [-0.3, -0.25) is 4.40 Å². The molecular formula is C20H26N5O2S+. The lowest BCUT2D eigenvalue weighted by atomic mass is 10.0. The highest BCUT2D eigenvalue weighted by Gasteiger charge is 2.33. The topological polar surface area (TPSA) is 58.0 Å². The van der Waals surface area contributed by atoms with E-state index in [9.17, 15) is 0 Å². The second-order valence-electron chi connectivity index (χ2n) is 7.33. The van der Waals surface area contributed by atoms with E-state index in [0.29, 0.717) is 23.3 Å². The third kappa shape index (κ3) is 3.27. The molecule has 0 radical (unpaired) electrons. The maximum Gasteiger partial charge on any atom is 0.254 e. The average molecular weight is 401 g/mol. The standard InChI is InChI=1S/C20H25N5O2S/c1-13-10-14(2)25-19(21-13)22-24(20(25)28)12-23-9-5-6-17(23)16-11-15(26-3)7-8-18(16)27-4/h7-8,10-11,17H,5-6,9,12H2,1-4H3/p+1/t17-/m1/s1. The van der Waals surface area contributed by atoms with Crippen LogP contribution >= 0.6 is 12.2 Å². The Hall–Kier alpha value is -2.45. The van der Waals surface area contributed by atoms with Gasteiger partial charge in [0.15, 0.2) is 6.67 Å². The maximum absolute atomic E-state index is 5.70. The van der Waals surface area contributed by atoms with Gasteiger partial charge in [0, 0.05) is 24.2 Å². The van der Waals surface area contributed by atoms with Gasteiger partial charge in [-0.15, -0.1) is 5.10 Å². The van der Waals surface area contributed by atoms with Crippen LogP contribution in [-0.2, 0) is 6.67 Å². The van der Waals surface area contributed by atoms with E-state index in [4.69, 9.17) is 21.7 Å². The molecule has 1 fully saturated rings. The van der Waals surface area contributed by atoms with Crippen LogP contribution in [0, 0.1) is 18.6 Å². The van der Waals surface area contributed by atoms with E-state index >= 15 is 0 Å². The number of aromatic nitrogens is 4. The van der Waals surface area contributed by atoms with Crippen LogP contribution in [-0.4, -0.2) is 39.9 Å². The van der Waals surface area contributed by atoms with Gasteiger partial charge in [-0.05, 0) is 50.3 Å². The van der Waals surface area contributed by atoms with Crippen molar-refractivity contribution in [1.29, 1.82) is 0 Å². The molecule has 1 unspecified atom stereocenters. The maximum atomic E-state index is 5.70. The summed E-state index contributed by atoms with van der Waals surface area (Å²) in [6, 6.07) is 8.35. The van der Waals surface area contributed by atoms with Crippen molar-refractivity contribution in [2.24, 2.45) is 0 Å². The molecular weight excluding hydrogens is 374 g/mol. The third-order valence-electron chi connectivity index (χ3n) is 5.52. The van der Waals surface area contributed by atoms with Crippen molar-refractivity contribution in [3.05, 3.63) is 46.0 Å². The number of fused-ring (bicyclic) bond motifs is 1. The number of methoxy groups -OCH3 is 2. The van der Waals surface area contributed by atoms with Crippen molar-refractivity contribution in [1.82, 2.24) is 19.2 Å². The number of hydrogen-bond donors (Lipinski definition) is 1. The van der Waals surface area contributed by atoms with Crippen LogP contribution in [0.4, 0.5) is 0 Å². The monoisotopic (exact) mass is 400 g/mol. The highest BCUT2D eigenvalue weighted by Crippen LogP contribution is 2.31. The van der Waals surface area contributed by atoms with Gasteiger partial charge in [-0.1, -0.05) is 0 Å². The molecule has 0 aliphatic carbocycles. The van der Waals surface area contributed by atoms with Gasteiger partial charge in [0.1, 0.15) is 17.5 Å². The second kappa shape index (κ2) is 7.52. The Morgan fingerprint density at radius 3 is 2.79 bits per heavy atom. The van der Waals surface area contributed by atoms with E-state index in [-0.39, 0.29) is 0 Å². The second-order valence-corrected chi connectivity index (χ2v) is 7.69. The molecule has 3 aromatic rings. The molecule has 1 aliphatic heterocycles. The minimum atomic E-state index is 0.313. The lowest BCUT2D eigenvalue weighted by Gasteiger charge is -2.23.